The first-order valence-electron chi connectivity index (χ1n) is 23.2. The number of halogens is 3. The first kappa shape index (κ1) is 46.8. The Hall–Kier alpha value is -4.71. The molecule has 1 unspecified atom stereocenters. The minimum absolute atomic E-state index is 0.0448. The first-order chi connectivity index (χ1) is 30.8. The van der Waals surface area contributed by atoms with Crippen molar-refractivity contribution in [2.45, 2.75) is 123 Å². The third-order valence-electron chi connectivity index (χ3n) is 13.2. The summed E-state index contributed by atoms with van der Waals surface area (Å²) < 4.78 is 63.8. The van der Waals surface area contributed by atoms with Crippen molar-refractivity contribution in [3.8, 4) is 11.3 Å². The number of cyclic esters (lactones) is 1. The molecule has 17 heteroatoms. The van der Waals surface area contributed by atoms with E-state index in [0.717, 1.165) is 43.0 Å². The highest BCUT2D eigenvalue weighted by Gasteiger charge is 2.39. The number of hydrogen-bond acceptors (Lipinski definition) is 11. The number of alkyl carbamates (subject to hydrolysis) is 1. The minimum atomic E-state index is -4.57. The van der Waals surface area contributed by atoms with Crippen LogP contribution in [-0.2, 0) is 36.8 Å². The van der Waals surface area contributed by atoms with Gasteiger partial charge < -0.3 is 29.0 Å². The number of nitrogens with one attached hydrogen (secondary N) is 2. The minimum Gasteiger partial charge on any atom is -0.464 e. The van der Waals surface area contributed by atoms with Gasteiger partial charge >= 0.3 is 18.2 Å². The Morgan fingerprint density at radius 1 is 1.05 bits per heavy atom. The molecule has 1 aromatic carbocycles. The topological polar surface area (TPSA) is 134 Å². The molecule has 4 aliphatic heterocycles. The van der Waals surface area contributed by atoms with Crippen LogP contribution in [0, 0.1) is 5.41 Å². The van der Waals surface area contributed by atoms with E-state index in [1.54, 1.807) is 33.9 Å². The zero-order valence-corrected chi connectivity index (χ0v) is 38.9. The molecule has 2 aromatic heterocycles. The van der Waals surface area contributed by atoms with E-state index in [1.165, 1.54) is 22.4 Å². The molecule has 3 aromatic rings. The molecule has 1 aliphatic carbocycles. The van der Waals surface area contributed by atoms with Crippen molar-refractivity contribution in [1.82, 2.24) is 35.1 Å². The lowest BCUT2D eigenvalue weighted by atomic mass is 9.84. The van der Waals surface area contributed by atoms with Gasteiger partial charge in [-0.05, 0) is 101 Å². The van der Waals surface area contributed by atoms with Gasteiger partial charge in [-0.3, -0.25) is 29.4 Å². The summed E-state index contributed by atoms with van der Waals surface area (Å²) in [6.45, 7) is 14.6. The van der Waals surface area contributed by atoms with Gasteiger partial charge in [0.05, 0.1) is 36.0 Å². The average molecular weight is 907 g/mol. The molecule has 6 bridgehead atoms. The number of piperazine rings is 1. The standard InChI is InChI=1S/C48H65F3N8O6/c1-30(63-7)41-36(23-34(25-52-41)57-20-18-56(19-21-57)33-13-14-33)42-37-24-47(5,6)29-64-44(61)38-11-9-17-59(54-38)43(60)39(53-45(62)65-46(2,3)4)27-55-16-8-10-32(26-55)31-12-15-40(35(37)22-31)58(42)28-48(49,50)51/h10,12,15,22-23,25,30,33,38-39,54H,8-9,11,13-14,16-21,24,26-29H2,1-7H3,(H,53,62)/t30-,38-,39-/m0/s1. The highest BCUT2D eigenvalue weighted by atomic mass is 19.4. The normalized spacial score (nSPS) is 24.3. The summed E-state index contributed by atoms with van der Waals surface area (Å²) in [7, 11) is 1.57. The Morgan fingerprint density at radius 3 is 2.49 bits per heavy atom. The van der Waals surface area contributed by atoms with Crippen molar-refractivity contribution in [3.63, 3.8) is 0 Å². The van der Waals surface area contributed by atoms with Gasteiger partial charge in [0.2, 0.25) is 0 Å². The number of aromatic nitrogens is 2. The zero-order valence-electron chi connectivity index (χ0n) is 38.9. The van der Waals surface area contributed by atoms with Gasteiger partial charge in [0.25, 0.3) is 5.91 Å². The molecule has 354 valence electrons. The van der Waals surface area contributed by atoms with Crippen molar-refractivity contribution < 1.29 is 41.8 Å². The number of nitrogens with zero attached hydrogens (tertiary/aromatic N) is 6. The Balaban J connectivity index is 1.26. The van der Waals surface area contributed by atoms with Crippen molar-refractivity contribution in [2.75, 3.05) is 71.0 Å². The van der Waals surface area contributed by atoms with E-state index < -0.39 is 59.9 Å². The van der Waals surface area contributed by atoms with Gasteiger partial charge in [0.15, 0.2) is 0 Å². The number of methoxy groups -OCH3 is 1. The summed E-state index contributed by atoms with van der Waals surface area (Å²) in [6.07, 6.45) is 2.39. The largest absolute Gasteiger partial charge is 0.464 e. The number of pyridine rings is 1. The summed E-state index contributed by atoms with van der Waals surface area (Å²) in [5.41, 5.74) is 6.75. The lowest BCUT2D eigenvalue weighted by Crippen LogP contribution is -2.62. The quantitative estimate of drug-likeness (QED) is 0.241. The molecule has 3 fully saturated rings. The lowest BCUT2D eigenvalue weighted by Gasteiger charge is -2.37. The third-order valence-corrected chi connectivity index (χ3v) is 13.2. The number of amides is 2. The number of hydrogen-bond donors (Lipinski definition) is 2. The molecule has 2 N–H and O–H groups in total. The van der Waals surface area contributed by atoms with Gasteiger partial charge in [-0.15, -0.1) is 0 Å². The van der Waals surface area contributed by atoms with E-state index in [2.05, 4.69) is 31.5 Å². The fraction of sp³-hybridized carbons (Fsp3) is 0.625. The number of esters is 1. The summed E-state index contributed by atoms with van der Waals surface area (Å²) in [5, 5.41) is 4.86. The number of rotatable bonds is 7. The van der Waals surface area contributed by atoms with Crippen LogP contribution in [0.25, 0.3) is 27.7 Å². The number of fused-ring (bicyclic) bond motifs is 6. The van der Waals surface area contributed by atoms with E-state index in [-0.39, 0.29) is 19.6 Å². The van der Waals surface area contributed by atoms with Gasteiger partial charge in [0, 0.05) is 87.4 Å². The van der Waals surface area contributed by atoms with Gasteiger partial charge in [-0.2, -0.15) is 13.2 Å². The van der Waals surface area contributed by atoms with Crippen LogP contribution in [0.5, 0.6) is 0 Å². The molecule has 4 atom stereocenters. The van der Waals surface area contributed by atoms with Gasteiger partial charge in [-0.1, -0.05) is 26.0 Å². The van der Waals surface area contributed by atoms with Crippen molar-refractivity contribution in [1.29, 1.82) is 0 Å². The lowest BCUT2D eigenvalue weighted by molar-refractivity contribution is -0.155. The molecular formula is C48H65F3N8O6. The van der Waals surface area contributed by atoms with Crippen LogP contribution in [0.3, 0.4) is 0 Å². The molecule has 6 heterocycles. The van der Waals surface area contributed by atoms with E-state index >= 15 is 0 Å². The van der Waals surface area contributed by atoms with Crippen LogP contribution >= 0.6 is 0 Å². The molecule has 0 spiro atoms. The molecule has 8 rings (SSSR count). The van der Waals surface area contributed by atoms with Crippen LogP contribution in [0.2, 0.25) is 0 Å². The summed E-state index contributed by atoms with van der Waals surface area (Å²) in [4.78, 5) is 53.1. The smallest absolute Gasteiger partial charge is 0.408 e. The number of alkyl halides is 3. The van der Waals surface area contributed by atoms with Gasteiger partial charge in [-0.25, -0.2) is 10.2 Å². The Bertz CT molecular complexity index is 2290. The van der Waals surface area contributed by atoms with Crippen LogP contribution < -0.4 is 15.6 Å². The maximum atomic E-state index is 15.0. The van der Waals surface area contributed by atoms with Crippen molar-refractivity contribution >= 4 is 40.1 Å². The monoisotopic (exact) mass is 906 g/mol. The Morgan fingerprint density at radius 2 is 1.80 bits per heavy atom. The second-order valence-corrected chi connectivity index (χ2v) is 20.2. The molecule has 14 nitrogen and oxygen atoms in total. The third kappa shape index (κ3) is 11.0. The number of anilines is 1. The highest BCUT2D eigenvalue weighted by Crippen LogP contribution is 2.44. The number of benzene rings is 1. The van der Waals surface area contributed by atoms with E-state index in [4.69, 9.17) is 19.2 Å². The highest BCUT2D eigenvalue weighted by molar-refractivity contribution is 5.95. The van der Waals surface area contributed by atoms with Crippen molar-refractivity contribution in [2.24, 2.45) is 5.41 Å². The fourth-order valence-corrected chi connectivity index (χ4v) is 9.77. The second kappa shape index (κ2) is 18.5. The van der Waals surface area contributed by atoms with E-state index in [0.29, 0.717) is 78.4 Å². The predicted molar refractivity (Wildman–Crippen MR) is 242 cm³/mol. The maximum absolute atomic E-state index is 15.0. The summed E-state index contributed by atoms with van der Waals surface area (Å²) in [6, 6.07) is 6.41. The molecular weight excluding hydrogens is 842 g/mol. The molecule has 2 saturated heterocycles. The maximum Gasteiger partial charge on any atom is 0.408 e. The van der Waals surface area contributed by atoms with Crippen LogP contribution in [-0.4, -0.2) is 138 Å². The zero-order chi connectivity index (χ0) is 46.4. The molecule has 65 heavy (non-hydrogen) atoms. The molecule has 1 saturated carbocycles. The van der Waals surface area contributed by atoms with E-state index in [9.17, 15) is 27.6 Å². The molecule has 5 aliphatic rings. The predicted octanol–water partition coefficient (Wildman–Crippen LogP) is 6.86. The average Bonchev–Trinajstić information content (AvgIpc) is 4.08. The summed E-state index contributed by atoms with van der Waals surface area (Å²) in [5.74, 6) is -0.951. The number of carbonyl (C=O) groups excluding carboxylic acids is 3. The second-order valence-electron chi connectivity index (χ2n) is 20.2. The van der Waals surface area contributed by atoms with Crippen LogP contribution in [0.4, 0.5) is 23.7 Å². The van der Waals surface area contributed by atoms with Crippen molar-refractivity contribution in [3.05, 3.63) is 53.4 Å². The van der Waals surface area contributed by atoms with Crippen LogP contribution in [0.1, 0.15) is 96.6 Å². The number of carbonyl (C=O) groups is 3. The first-order valence-corrected chi connectivity index (χ1v) is 23.2. The SMILES string of the molecule is CO[C@@H](C)c1ncc(N2CCN(C3CC3)CC2)cc1-c1c2c3cc(ccc3n1CC(F)(F)F)C1=CCCN(C1)C[C@H](NC(=O)OC(C)(C)C)C(=O)N1CCC[C@H](N1)C(=O)OCC(C)(C)C2. The number of hydrazine groups is 1. The Labute approximate surface area is 379 Å². The molecule has 2 amide bonds. The fourth-order valence-electron chi connectivity index (χ4n) is 9.77. The number of ether oxygens (including phenoxy) is 3. The van der Waals surface area contributed by atoms with Gasteiger partial charge in [0.1, 0.15) is 24.2 Å². The van der Waals surface area contributed by atoms with E-state index in [1.807, 2.05) is 45.2 Å². The van der Waals surface area contributed by atoms with Crippen LogP contribution in [0.15, 0.2) is 36.5 Å². The summed E-state index contributed by atoms with van der Waals surface area (Å²) >= 11 is 0. The molecule has 0 radical (unpaired) electrons. The Kier molecular flexibility index (Phi) is 13.3.